The minimum absolute atomic E-state index is 0.0420. The van der Waals surface area contributed by atoms with E-state index in [4.69, 9.17) is 15.8 Å². The Labute approximate surface area is 199 Å². The highest BCUT2D eigenvalue weighted by molar-refractivity contribution is 9.10. The number of hydrogen-bond acceptors (Lipinski definition) is 5. The van der Waals surface area contributed by atoms with Crippen LogP contribution in [-0.2, 0) is 21.5 Å². The molecule has 0 aromatic heterocycles. The van der Waals surface area contributed by atoms with Gasteiger partial charge in [0.1, 0.15) is 16.5 Å². The topological polar surface area (TPSA) is 96.3 Å². The smallest absolute Gasteiger partial charge is 0.339 e. The van der Waals surface area contributed by atoms with Gasteiger partial charge in [-0.15, -0.1) is 0 Å². The number of hydrogen-bond donors (Lipinski definition) is 1. The van der Waals surface area contributed by atoms with Crippen LogP contribution in [0.1, 0.15) is 11.1 Å². The fraction of sp³-hybridized carbons (Fsp3) is 0.0435. The zero-order valence-electron chi connectivity index (χ0n) is 16.5. The molecule has 0 aliphatic rings. The second-order valence-electron chi connectivity index (χ2n) is 6.52. The largest absolute Gasteiger partial charge is 0.378 e. The maximum absolute atomic E-state index is 12.5. The fourth-order valence-corrected chi connectivity index (χ4v) is 4.29. The molecule has 0 saturated carbocycles. The average molecular weight is 532 g/mol. The molecule has 0 heterocycles. The molecule has 0 aliphatic heterocycles. The maximum atomic E-state index is 12.5. The van der Waals surface area contributed by atoms with Crippen LogP contribution in [0.2, 0.25) is 5.02 Å². The molecule has 3 aromatic rings. The predicted octanol–water partition coefficient (Wildman–Crippen LogP) is 5.09. The van der Waals surface area contributed by atoms with Gasteiger partial charge in [0.2, 0.25) is 0 Å². The van der Waals surface area contributed by atoms with E-state index >= 15 is 0 Å². The Morgan fingerprint density at radius 2 is 1.78 bits per heavy atom. The van der Waals surface area contributed by atoms with Gasteiger partial charge in [-0.25, -0.2) is 0 Å². The van der Waals surface area contributed by atoms with Crippen molar-refractivity contribution in [2.24, 2.45) is 0 Å². The lowest BCUT2D eigenvalue weighted by atomic mass is 10.1. The van der Waals surface area contributed by atoms with Crippen molar-refractivity contribution in [3.05, 3.63) is 99.0 Å². The van der Waals surface area contributed by atoms with Crippen LogP contribution in [0, 0.1) is 11.3 Å². The Balaban J connectivity index is 1.74. The summed E-state index contributed by atoms with van der Waals surface area (Å²) >= 11 is 9.06. The summed E-state index contributed by atoms with van der Waals surface area (Å²) in [6.45, 7) is 0.289. The first-order valence-electron chi connectivity index (χ1n) is 9.22. The number of benzene rings is 3. The lowest BCUT2D eigenvalue weighted by molar-refractivity contribution is -0.117. The number of nitrogens with one attached hydrogen (secondary N) is 1. The van der Waals surface area contributed by atoms with E-state index < -0.39 is 16.0 Å². The second kappa shape index (κ2) is 10.5. The van der Waals surface area contributed by atoms with Crippen LogP contribution in [0.15, 0.2) is 87.7 Å². The van der Waals surface area contributed by atoms with E-state index in [-0.39, 0.29) is 22.8 Å². The molecule has 32 heavy (non-hydrogen) atoms. The van der Waals surface area contributed by atoms with Crippen molar-refractivity contribution in [2.75, 3.05) is 0 Å². The van der Waals surface area contributed by atoms with Crippen LogP contribution in [0.25, 0.3) is 6.08 Å². The molecular weight excluding hydrogens is 516 g/mol. The van der Waals surface area contributed by atoms with Crippen LogP contribution in [0.5, 0.6) is 5.75 Å². The summed E-state index contributed by atoms with van der Waals surface area (Å²) in [6, 6.07) is 21.3. The molecule has 6 nitrogen and oxygen atoms in total. The Morgan fingerprint density at radius 1 is 1.09 bits per heavy atom. The number of nitriles is 1. The van der Waals surface area contributed by atoms with E-state index in [9.17, 15) is 18.5 Å². The van der Waals surface area contributed by atoms with E-state index in [1.807, 2.05) is 36.4 Å². The summed E-state index contributed by atoms with van der Waals surface area (Å²) in [5.74, 6) is -0.456. The Hall–Kier alpha value is -3.12. The molecule has 1 N–H and O–H groups in total. The molecule has 0 fully saturated rings. The number of halogens is 2. The monoisotopic (exact) mass is 530 g/mol. The van der Waals surface area contributed by atoms with Gasteiger partial charge in [0.25, 0.3) is 5.91 Å². The van der Waals surface area contributed by atoms with Crippen molar-refractivity contribution in [2.45, 2.75) is 11.4 Å². The zero-order chi connectivity index (χ0) is 23.1. The third-order valence-corrected chi connectivity index (χ3v) is 6.35. The van der Waals surface area contributed by atoms with Gasteiger partial charge in [-0.1, -0.05) is 48.0 Å². The molecule has 162 valence electrons. The van der Waals surface area contributed by atoms with E-state index in [0.29, 0.717) is 15.1 Å². The first-order valence-corrected chi connectivity index (χ1v) is 11.8. The van der Waals surface area contributed by atoms with Crippen molar-refractivity contribution < 1.29 is 17.4 Å². The molecule has 0 atom stereocenters. The van der Waals surface area contributed by atoms with Crippen molar-refractivity contribution in [1.82, 2.24) is 5.32 Å². The molecule has 0 aliphatic carbocycles. The summed E-state index contributed by atoms with van der Waals surface area (Å²) in [4.78, 5) is 12.3. The summed E-state index contributed by atoms with van der Waals surface area (Å²) < 4.78 is 30.5. The number of carbonyl (C=O) groups is 1. The average Bonchev–Trinajstić information content (AvgIpc) is 2.78. The quantitative estimate of drug-likeness (QED) is 0.260. The van der Waals surface area contributed by atoms with Gasteiger partial charge < -0.3 is 9.50 Å². The molecule has 0 bridgehead atoms. The van der Waals surface area contributed by atoms with Crippen LogP contribution in [-0.4, -0.2) is 14.3 Å². The Morgan fingerprint density at radius 3 is 2.41 bits per heavy atom. The van der Waals surface area contributed by atoms with Gasteiger partial charge in [0.05, 0.1) is 4.47 Å². The second-order valence-corrected chi connectivity index (χ2v) is 9.36. The first kappa shape index (κ1) is 23.5. The number of carbonyl (C=O) groups excluding carboxylic acids is 1. The summed E-state index contributed by atoms with van der Waals surface area (Å²) in [5.41, 5.74) is 1.33. The van der Waals surface area contributed by atoms with Crippen LogP contribution in [0.4, 0.5) is 0 Å². The summed E-state index contributed by atoms with van der Waals surface area (Å²) in [6.07, 6.45) is 1.41. The molecule has 9 heteroatoms. The molecule has 0 spiro atoms. The van der Waals surface area contributed by atoms with E-state index in [0.717, 1.165) is 5.56 Å². The normalized spacial score (nSPS) is 11.5. The zero-order valence-corrected chi connectivity index (χ0v) is 19.6. The minimum Gasteiger partial charge on any atom is -0.378 e. The molecule has 3 aromatic carbocycles. The number of rotatable bonds is 7. The van der Waals surface area contributed by atoms with E-state index in [1.54, 1.807) is 12.1 Å². The van der Waals surface area contributed by atoms with Gasteiger partial charge in [0.15, 0.2) is 5.75 Å². The molecule has 0 saturated heterocycles. The lowest BCUT2D eigenvalue weighted by Crippen LogP contribution is -2.23. The van der Waals surface area contributed by atoms with Gasteiger partial charge in [0, 0.05) is 11.6 Å². The number of amides is 1. The highest BCUT2D eigenvalue weighted by atomic mass is 79.9. The third kappa shape index (κ3) is 6.20. The van der Waals surface area contributed by atoms with E-state index in [1.165, 1.54) is 36.4 Å². The SMILES string of the molecule is N#C/C(=C\c1ccc(OS(=O)(=O)c2ccc(Cl)cc2)c(Br)c1)C(=O)NCc1ccccc1. The summed E-state index contributed by atoms with van der Waals surface area (Å²) in [5, 5.41) is 12.5. The number of nitrogens with zero attached hydrogens (tertiary/aromatic N) is 1. The van der Waals surface area contributed by atoms with Crippen LogP contribution < -0.4 is 9.50 Å². The minimum atomic E-state index is -4.06. The van der Waals surface area contributed by atoms with Gasteiger partial charge in [-0.3, -0.25) is 4.79 Å². The third-order valence-electron chi connectivity index (χ3n) is 4.23. The predicted molar refractivity (Wildman–Crippen MR) is 125 cm³/mol. The maximum Gasteiger partial charge on any atom is 0.339 e. The van der Waals surface area contributed by atoms with Crippen molar-refractivity contribution >= 4 is 49.6 Å². The van der Waals surface area contributed by atoms with Crippen LogP contribution in [0.3, 0.4) is 0 Å². The van der Waals surface area contributed by atoms with Gasteiger partial charge >= 0.3 is 10.1 Å². The van der Waals surface area contributed by atoms with Crippen LogP contribution >= 0.6 is 27.5 Å². The van der Waals surface area contributed by atoms with E-state index in [2.05, 4.69) is 21.2 Å². The Kier molecular flexibility index (Phi) is 7.70. The highest BCUT2D eigenvalue weighted by Crippen LogP contribution is 2.30. The molecule has 3 rings (SSSR count). The standard InChI is InChI=1S/C23H16BrClN2O4S/c24-21-13-17(12-18(14-26)23(28)27-15-16-4-2-1-3-5-16)6-11-22(21)31-32(29,30)20-9-7-19(25)8-10-20/h1-13H,15H2,(H,27,28)/b18-12+. The molecule has 1 amide bonds. The first-order chi connectivity index (χ1) is 15.3. The lowest BCUT2D eigenvalue weighted by Gasteiger charge is -2.09. The van der Waals surface area contributed by atoms with Crippen molar-refractivity contribution in [3.8, 4) is 11.8 Å². The van der Waals surface area contributed by atoms with Crippen molar-refractivity contribution in [3.63, 3.8) is 0 Å². The molecule has 0 unspecified atom stereocenters. The summed E-state index contributed by atoms with van der Waals surface area (Å²) in [7, 11) is -4.06. The Bertz CT molecular complexity index is 1300. The van der Waals surface area contributed by atoms with Gasteiger partial charge in [-0.05, 0) is 69.5 Å². The highest BCUT2D eigenvalue weighted by Gasteiger charge is 2.18. The fourth-order valence-electron chi connectivity index (χ4n) is 2.63. The van der Waals surface area contributed by atoms with Gasteiger partial charge in [-0.2, -0.15) is 13.7 Å². The molecule has 0 radical (unpaired) electrons. The van der Waals surface area contributed by atoms with Crippen molar-refractivity contribution in [1.29, 1.82) is 5.26 Å². The molecular formula is C23H16BrClN2O4S.